The fraction of sp³-hybridized carbons (Fsp3) is 0.733. The molecule has 1 spiro atoms. The molecule has 8 atom stereocenters. The molecule has 2 bridgehead atoms. The number of nitro benzene ring substituents is 1. The van der Waals surface area contributed by atoms with Crippen molar-refractivity contribution in [2.24, 2.45) is 39.4 Å². The van der Waals surface area contributed by atoms with Crippen LogP contribution in [0.5, 0.6) is 0 Å². The molecule has 1 aromatic rings. The van der Waals surface area contributed by atoms with Crippen LogP contribution in [0.25, 0.3) is 0 Å². The molecule has 1 heterocycles. The number of anilines is 1. The van der Waals surface area contributed by atoms with E-state index in [2.05, 4.69) is 26.1 Å². The quantitative estimate of drug-likeness (QED) is 0.195. The molecule has 5 fully saturated rings. The van der Waals surface area contributed by atoms with Gasteiger partial charge in [-0.25, -0.2) is 5.06 Å². The van der Waals surface area contributed by atoms with Gasteiger partial charge < -0.3 is 10.1 Å². The lowest BCUT2D eigenvalue weighted by molar-refractivity contribution is -0.384. The van der Waals surface area contributed by atoms with Crippen LogP contribution in [-0.4, -0.2) is 40.3 Å². The summed E-state index contributed by atoms with van der Waals surface area (Å²) in [6.07, 6.45) is 8.78. The summed E-state index contributed by atoms with van der Waals surface area (Å²) in [7, 11) is 0. The molecule has 9 heteroatoms. The SMILES string of the molecule is CCOC(=O)[C@]1(C)CCC[C@@]2(C)[C@@H]3CC[C@@]4(C)C[C@]3(CC[C@@H]21)[C@@H]1CON(C(=S)Nc2cccc([N+](=O)[O-])c2)[C@@H]14. The first-order chi connectivity index (χ1) is 18.5. The maximum absolute atomic E-state index is 13.3. The van der Waals surface area contributed by atoms with Crippen molar-refractivity contribution in [1.29, 1.82) is 0 Å². The summed E-state index contributed by atoms with van der Waals surface area (Å²) in [6, 6.07) is 6.61. The summed E-state index contributed by atoms with van der Waals surface area (Å²) in [5.41, 5.74) is 0.562. The van der Waals surface area contributed by atoms with E-state index >= 15 is 0 Å². The van der Waals surface area contributed by atoms with E-state index in [4.69, 9.17) is 21.8 Å². The van der Waals surface area contributed by atoms with Gasteiger partial charge in [-0.2, -0.15) is 0 Å². The van der Waals surface area contributed by atoms with Gasteiger partial charge in [-0.05, 0) is 105 Å². The third-order valence-electron chi connectivity index (χ3n) is 11.8. The van der Waals surface area contributed by atoms with Crippen molar-refractivity contribution < 1.29 is 19.3 Å². The van der Waals surface area contributed by atoms with Crippen LogP contribution >= 0.6 is 12.2 Å². The van der Waals surface area contributed by atoms with Gasteiger partial charge >= 0.3 is 5.97 Å². The zero-order chi connectivity index (χ0) is 27.8. The number of nitrogens with one attached hydrogen (secondary N) is 1. The van der Waals surface area contributed by atoms with E-state index in [1.807, 2.05) is 12.0 Å². The van der Waals surface area contributed by atoms with Crippen molar-refractivity contribution in [2.45, 2.75) is 85.1 Å². The predicted molar refractivity (Wildman–Crippen MR) is 152 cm³/mol. The van der Waals surface area contributed by atoms with E-state index in [-0.39, 0.29) is 33.9 Å². The minimum Gasteiger partial charge on any atom is -0.466 e. The molecule has 1 aliphatic heterocycles. The van der Waals surface area contributed by atoms with E-state index < -0.39 is 10.3 Å². The fourth-order valence-electron chi connectivity index (χ4n) is 10.5. The first-order valence-corrected chi connectivity index (χ1v) is 15.0. The third-order valence-corrected chi connectivity index (χ3v) is 12.1. The van der Waals surface area contributed by atoms with E-state index in [1.54, 1.807) is 12.1 Å². The monoisotopic (exact) mass is 555 g/mol. The lowest BCUT2D eigenvalue weighted by Crippen LogP contribution is -2.60. The number of non-ortho nitro benzene ring substituents is 1. The van der Waals surface area contributed by atoms with Crippen molar-refractivity contribution in [3.8, 4) is 0 Å². The normalized spacial score (nSPS) is 42.2. The van der Waals surface area contributed by atoms with E-state index in [0.29, 0.717) is 41.8 Å². The number of nitro groups is 1. The molecule has 8 nitrogen and oxygen atoms in total. The van der Waals surface area contributed by atoms with E-state index in [1.165, 1.54) is 25.0 Å². The minimum atomic E-state index is -0.411. The number of ether oxygens (including phenoxy) is 1. The lowest BCUT2D eigenvalue weighted by atomic mass is 9.39. The van der Waals surface area contributed by atoms with Crippen molar-refractivity contribution in [1.82, 2.24) is 5.06 Å². The van der Waals surface area contributed by atoms with Gasteiger partial charge in [-0.3, -0.25) is 19.7 Å². The molecule has 39 heavy (non-hydrogen) atoms. The zero-order valence-electron chi connectivity index (χ0n) is 23.5. The van der Waals surface area contributed by atoms with Crippen LogP contribution in [0.3, 0.4) is 0 Å². The number of carbonyl (C=O) groups is 1. The van der Waals surface area contributed by atoms with Crippen LogP contribution < -0.4 is 5.32 Å². The Morgan fingerprint density at radius 3 is 2.72 bits per heavy atom. The Labute approximate surface area is 236 Å². The highest BCUT2D eigenvalue weighted by Crippen LogP contribution is 2.76. The Balaban J connectivity index is 1.28. The second-order valence-electron chi connectivity index (χ2n) is 13.7. The summed E-state index contributed by atoms with van der Waals surface area (Å²) in [6.45, 7) is 10.1. The van der Waals surface area contributed by atoms with Gasteiger partial charge in [0.05, 0.1) is 29.6 Å². The Morgan fingerprint density at radius 2 is 1.97 bits per heavy atom. The molecule has 1 saturated heterocycles. The number of carbonyl (C=O) groups excluding carboxylic acids is 1. The van der Waals surface area contributed by atoms with Crippen LogP contribution in [0.2, 0.25) is 0 Å². The summed E-state index contributed by atoms with van der Waals surface area (Å²) < 4.78 is 5.64. The standard InChI is InChI=1S/C30H41N3O5S/c1-5-37-25(34)29(4)13-7-12-28(3)22(29)11-15-30-18-27(2,14-10-23(28)30)24-21(30)17-38-32(24)26(39)31-19-8-6-9-20(16-19)33(35)36/h6,8-9,16,21-24H,5,7,10-15,17-18H2,1-4H3,(H,31,39)/t21-,22+,23+,24+,27+,28-,29-,30-/m1/s1. The number of thiocarbonyl (C=S) groups is 1. The van der Waals surface area contributed by atoms with Crippen LogP contribution in [0, 0.1) is 49.5 Å². The maximum Gasteiger partial charge on any atom is 0.312 e. The number of nitrogens with zero attached hydrogens (tertiary/aromatic N) is 2. The maximum atomic E-state index is 13.3. The average molecular weight is 556 g/mol. The number of benzene rings is 1. The zero-order valence-corrected chi connectivity index (χ0v) is 24.4. The van der Waals surface area contributed by atoms with Gasteiger partial charge in [0.15, 0.2) is 5.11 Å². The van der Waals surface area contributed by atoms with E-state index in [0.717, 1.165) is 38.5 Å². The van der Waals surface area contributed by atoms with Gasteiger partial charge in [0, 0.05) is 23.7 Å². The molecule has 4 saturated carbocycles. The molecule has 0 amide bonds. The van der Waals surface area contributed by atoms with Gasteiger partial charge in [0.2, 0.25) is 0 Å². The molecule has 0 unspecified atom stereocenters. The van der Waals surface area contributed by atoms with Crippen LogP contribution in [0.15, 0.2) is 24.3 Å². The largest absolute Gasteiger partial charge is 0.466 e. The second-order valence-corrected chi connectivity index (χ2v) is 14.0. The highest BCUT2D eigenvalue weighted by Gasteiger charge is 2.73. The van der Waals surface area contributed by atoms with Crippen molar-refractivity contribution in [2.75, 3.05) is 18.5 Å². The molecule has 0 radical (unpaired) electrons. The number of fused-ring (bicyclic) bond motifs is 5. The Bertz CT molecular complexity index is 1210. The molecule has 4 aliphatic carbocycles. The summed E-state index contributed by atoms with van der Waals surface area (Å²) in [5.74, 6) is 1.25. The van der Waals surface area contributed by atoms with Crippen molar-refractivity contribution in [3.63, 3.8) is 0 Å². The minimum absolute atomic E-state index is 0.00484. The molecule has 212 valence electrons. The molecule has 6 rings (SSSR count). The first-order valence-electron chi connectivity index (χ1n) is 14.6. The first kappa shape index (κ1) is 26.9. The second kappa shape index (κ2) is 9.13. The molecule has 5 aliphatic rings. The number of hydroxylamine groups is 2. The Morgan fingerprint density at radius 1 is 1.21 bits per heavy atom. The van der Waals surface area contributed by atoms with Gasteiger partial charge in [0.25, 0.3) is 5.69 Å². The third kappa shape index (κ3) is 3.78. The van der Waals surface area contributed by atoms with Gasteiger partial charge in [-0.15, -0.1) is 0 Å². The smallest absolute Gasteiger partial charge is 0.312 e. The molecular formula is C30H41N3O5S. The number of hydrogen-bond donors (Lipinski definition) is 1. The van der Waals surface area contributed by atoms with Gasteiger partial charge in [0.1, 0.15) is 0 Å². The molecular weight excluding hydrogens is 514 g/mol. The predicted octanol–water partition coefficient (Wildman–Crippen LogP) is 6.50. The highest BCUT2D eigenvalue weighted by atomic mass is 32.1. The van der Waals surface area contributed by atoms with Crippen molar-refractivity contribution in [3.05, 3.63) is 34.4 Å². The van der Waals surface area contributed by atoms with E-state index in [9.17, 15) is 14.9 Å². The molecule has 0 aromatic heterocycles. The lowest BCUT2D eigenvalue weighted by Gasteiger charge is -2.64. The average Bonchev–Trinajstić information content (AvgIpc) is 3.42. The summed E-state index contributed by atoms with van der Waals surface area (Å²) >= 11 is 5.85. The molecule has 1 N–H and O–H groups in total. The van der Waals surface area contributed by atoms with Crippen LogP contribution in [-0.2, 0) is 14.4 Å². The number of esters is 1. The summed E-state index contributed by atoms with van der Waals surface area (Å²) in [5, 5.41) is 16.9. The highest BCUT2D eigenvalue weighted by molar-refractivity contribution is 7.80. The fourth-order valence-corrected chi connectivity index (χ4v) is 10.8. The molecule has 1 aromatic carbocycles. The van der Waals surface area contributed by atoms with Crippen LogP contribution in [0.1, 0.15) is 79.1 Å². The Kier molecular flexibility index (Phi) is 6.30. The van der Waals surface area contributed by atoms with Crippen molar-refractivity contribution >= 4 is 34.7 Å². The topological polar surface area (TPSA) is 93.9 Å². The summed E-state index contributed by atoms with van der Waals surface area (Å²) in [4.78, 5) is 30.5. The van der Waals surface area contributed by atoms with Gasteiger partial charge in [-0.1, -0.05) is 26.3 Å². The number of rotatable bonds is 4. The Hall–Kier alpha value is -2.26. The van der Waals surface area contributed by atoms with Crippen LogP contribution in [0.4, 0.5) is 11.4 Å². The number of hydrogen-bond acceptors (Lipinski definition) is 6.